The molecule has 3 rings (SSSR count). The molecule has 0 aliphatic heterocycles. The van der Waals surface area contributed by atoms with Crippen LogP contribution >= 0.6 is 0 Å². The molecule has 3 amide bonds. The van der Waals surface area contributed by atoms with Crippen molar-refractivity contribution < 1.29 is 19.2 Å². The fourth-order valence-corrected chi connectivity index (χ4v) is 3.74. The standard InChI is InChI=1S/C28H29N3O4/c29-26(33)19-23(21-12-6-2-7-13-21)30-27(34)17-16-25(32)24(18-20-10-4-1-5-11-20)31-28(35)22-14-8-3-9-15-22/h1-15,23-24H,16-19H2,(H2,29,33)(H,30,34)(H,31,35)/t23?,24-/m0/s1. The van der Waals surface area contributed by atoms with E-state index in [2.05, 4.69) is 10.6 Å². The number of rotatable bonds is 12. The number of hydrogen-bond donors (Lipinski definition) is 3. The Morgan fingerprint density at radius 1 is 0.714 bits per heavy atom. The van der Waals surface area contributed by atoms with Crippen LogP contribution in [-0.4, -0.2) is 29.5 Å². The number of carbonyl (C=O) groups excluding carboxylic acids is 4. The predicted molar refractivity (Wildman–Crippen MR) is 133 cm³/mol. The van der Waals surface area contributed by atoms with Crippen molar-refractivity contribution in [2.75, 3.05) is 0 Å². The van der Waals surface area contributed by atoms with Gasteiger partial charge in [-0.15, -0.1) is 0 Å². The minimum atomic E-state index is -0.784. The second-order valence-corrected chi connectivity index (χ2v) is 8.25. The van der Waals surface area contributed by atoms with E-state index in [1.54, 1.807) is 36.4 Å². The quantitative estimate of drug-likeness (QED) is 0.376. The Bertz CT molecular complexity index is 1130. The monoisotopic (exact) mass is 471 g/mol. The Morgan fingerprint density at radius 3 is 1.89 bits per heavy atom. The first-order valence-electron chi connectivity index (χ1n) is 11.5. The lowest BCUT2D eigenvalue weighted by atomic mass is 9.98. The van der Waals surface area contributed by atoms with Crippen molar-refractivity contribution in [3.8, 4) is 0 Å². The molecule has 0 fully saturated rings. The largest absolute Gasteiger partial charge is 0.370 e. The van der Waals surface area contributed by atoms with Gasteiger partial charge in [0.2, 0.25) is 11.8 Å². The summed E-state index contributed by atoms with van der Waals surface area (Å²) in [6.07, 6.45) is 0.131. The maximum atomic E-state index is 13.1. The number of Topliss-reactive ketones (excluding diaryl/α,β-unsaturated/α-hetero) is 1. The maximum absolute atomic E-state index is 13.1. The zero-order valence-corrected chi connectivity index (χ0v) is 19.4. The summed E-state index contributed by atoms with van der Waals surface area (Å²) in [4.78, 5) is 49.9. The summed E-state index contributed by atoms with van der Waals surface area (Å²) in [7, 11) is 0. The van der Waals surface area contributed by atoms with E-state index in [1.165, 1.54) is 0 Å². The van der Waals surface area contributed by atoms with E-state index in [1.807, 2.05) is 54.6 Å². The van der Waals surface area contributed by atoms with E-state index in [0.717, 1.165) is 11.1 Å². The van der Waals surface area contributed by atoms with Gasteiger partial charge in [-0.1, -0.05) is 78.9 Å². The lowest BCUT2D eigenvalue weighted by molar-refractivity contribution is -0.127. The lowest BCUT2D eigenvalue weighted by Gasteiger charge is -2.20. The highest BCUT2D eigenvalue weighted by molar-refractivity contribution is 5.98. The molecular weight excluding hydrogens is 442 g/mol. The average molecular weight is 472 g/mol. The first-order chi connectivity index (χ1) is 16.9. The number of primary amides is 1. The van der Waals surface area contributed by atoms with Crippen LogP contribution in [0.2, 0.25) is 0 Å². The third-order valence-corrected chi connectivity index (χ3v) is 5.55. The topological polar surface area (TPSA) is 118 Å². The molecule has 0 aromatic heterocycles. The van der Waals surface area contributed by atoms with Gasteiger partial charge in [-0.3, -0.25) is 19.2 Å². The molecule has 0 radical (unpaired) electrons. The van der Waals surface area contributed by atoms with E-state index in [4.69, 9.17) is 5.73 Å². The molecule has 7 nitrogen and oxygen atoms in total. The number of benzene rings is 3. The summed E-state index contributed by atoms with van der Waals surface area (Å²) >= 11 is 0. The summed E-state index contributed by atoms with van der Waals surface area (Å²) in [5.74, 6) is -1.52. The van der Waals surface area contributed by atoms with Gasteiger partial charge in [0.1, 0.15) is 0 Å². The highest BCUT2D eigenvalue weighted by atomic mass is 16.2. The van der Waals surface area contributed by atoms with E-state index in [0.29, 0.717) is 12.0 Å². The van der Waals surface area contributed by atoms with Gasteiger partial charge in [0.25, 0.3) is 5.91 Å². The van der Waals surface area contributed by atoms with Crippen LogP contribution < -0.4 is 16.4 Å². The Balaban J connectivity index is 1.65. The third kappa shape index (κ3) is 8.23. The van der Waals surface area contributed by atoms with Crippen LogP contribution in [-0.2, 0) is 20.8 Å². The van der Waals surface area contributed by atoms with Gasteiger partial charge in [0.05, 0.1) is 18.5 Å². The molecule has 0 saturated carbocycles. The second-order valence-electron chi connectivity index (χ2n) is 8.25. The summed E-state index contributed by atoms with van der Waals surface area (Å²) in [5.41, 5.74) is 7.45. The lowest BCUT2D eigenvalue weighted by Crippen LogP contribution is -2.43. The normalized spacial score (nSPS) is 12.2. The van der Waals surface area contributed by atoms with Crippen molar-refractivity contribution in [1.29, 1.82) is 0 Å². The van der Waals surface area contributed by atoms with Crippen molar-refractivity contribution in [3.63, 3.8) is 0 Å². The Labute approximate surface area is 204 Å². The number of ketones is 1. The Hall–Kier alpha value is -4.26. The van der Waals surface area contributed by atoms with Gasteiger partial charge in [-0.05, 0) is 29.7 Å². The van der Waals surface area contributed by atoms with Gasteiger partial charge >= 0.3 is 0 Å². The minimum absolute atomic E-state index is 0.0481. The highest BCUT2D eigenvalue weighted by Crippen LogP contribution is 2.17. The molecule has 0 heterocycles. The first kappa shape index (κ1) is 25.4. The van der Waals surface area contributed by atoms with Crippen LogP contribution in [0, 0.1) is 0 Å². The molecule has 7 heteroatoms. The van der Waals surface area contributed by atoms with Crippen molar-refractivity contribution >= 4 is 23.5 Å². The predicted octanol–water partition coefficient (Wildman–Crippen LogP) is 3.11. The second kappa shape index (κ2) is 12.8. The first-order valence-corrected chi connectivity index (χ1v) is 11.5. The molecule has 4 N–H and O–H groups in total. The SMILES string of the molecule is NC(=O)CC(NC(=O)CCC(=O)[C@H](Cc1ccccc1)NC(=O)c1ccccc1)c1ccccc1. The fraction of sp³-hybridized carbons (Fsp3) is 0.214. The van der Waals surface area contributed by atoms with Gasteiger partial charge < -0.3 is 16.4 Å². The Kier molecular flexibility index (Phi) is 9.31. The van der Waals surface area contributed by atoms with Crippen molar-refractivity contribution in [1.82, 2.24) is 10.6 Å². The fourth-order valence-electron chi connectivity index (χ4n) is 3.74. The van der Waals surface area contributed by atoms with Crippen molar-refractivity contribution in [2.45, 2.75) is 37.8 Å². The molecule has 0 bridgehead atoms. The van der Waals surface area contributed by atoms with Crippen molar-refractivity contribution in [2.24, 2.45) is 5.73 Å². The smallest absolute Gasteiger partial charge is 0.251 e. The highest BCUT2D eigenvalue weighted by Gasteiger charge is 2.23. The van der Waals surface area contributed by atoms with Crippen LogP contribution in [0.3, 0.4) is 0 Å². The van der Waals surface area contributed by atoms with E-state index in [9.17, 15) is 19.2 Å². The van der Waals surface area contributed by atoms with Crippen LogP contribution in [0.15, 0.2) is 91.0 Å². The van der Waals surface area contributed by atoms with Gasteiger partial charge in [0, 0.05) is 18.4 Å². The average Bonchev–Trinajstić information content (AvgIpc) is 2.88. The zero-order valence-electron chi connectivity index (χ0n) is 19.4. The minimum Gasteiger partial charge on any atom is -0.370 e. The zero-order chi connectivity index (χ0) is 25.0. The van der Waals surface area contributed by atoms with Gasteiger partial charge in [-0.2, -0.15) is 0 Å². The van der Waals surface area contributed by atoms with E-state index in [-0.39, 0.29) is 36.9 Å². The number of amides is 3. The third-order valence-electron chi connectivity index (χ3n) is 5.55. The summed E-state index contributed by atoms with van der Waals surface area (Å²) in [6.45, 7) is 0. The van der Waals surface area contributed by atoms with E-state index >= 15 is 0 Å². The van der Waals surface area contributed by atoms with Gasteiger partial charge in [-0.25, -0.2) is 0 Å². The molecule has 0 aliphatic carbocycles. The summed E-state index contributed by atoms with van der Waals surface area (Å²) in [6, 6.07) is 25.7. The van der Waals surface area contributed by atoms with Crippen LogP contribution in [0.1, 0.15) is 46.8 Å². The Morgan fingerprint density at radius 2 is 1.29 bits per heavy atom. The molecular formula is C28H29N3O4. The molecule has 0 aliphatic rings. The summed E-state index contributed by atoms with van der Waals surface area (Å²) in [5, 5.41) is 5.61. The van der Waals surface area contributed by atoms with Crippen molar-refractivity contribution in [3.05, 3.63) is 108 Å². The van der Waals surface area contributed by atoms with Gasteiger partial charge in [0.15, 0.2) is 5.78 Å². The van der Waals surface area contributed by atoms with Crippen LogP contribution in [0.4, 0.5) is 0 Å². The number of nitrogens with one attached hydrogen (secondary N) is 2. The number of nitrogens with two attached hydrogens (primary N) is 1. The number of hydrogen-bond acceptors (Lipinski definition) is 4. The summed E-state index contributed by atoms with van der Waals surface area (Å²) < 4.78 is 0. The molecule has 0 saturated heterocycles. The molecule has 180 valence electrons. The molecule has 1 unspecified atom stereocenters. The van der Waals surface area contributed by atoms with Crippen LogP contribution in [0.25, 0.3) is 0 Å². The maximum Gasteiger partial charge on any atom is 0.251 e. The molecule has 2 atom stereocenters. The molecule has 35 heavy (non-hydrogen) atoms. The van der Waals surface area contributed by atoms with E-state index < -0.39 is 18.0 Å². The molecule has 0 spiro atoms. The number of carbonyl (C=O) groups is 4. The molecule has 3 aromatic carbocycles. The molecule has 3 aromatic rings. The van der Waals surface area contributed by atoms with Crippen LogP contribution in [0.5, 0.6) is 0 Å².